The van der Waals surface area contributed by atoms with Crippen molar-refractivity contribution in [2.45, 2.75) is 61.9 Å². The van der Waals surface area contributed by atoms with Gasteiger partial charge in [-0.3, -0.25) is 0 Å². The standard InChI is InChI=1S/C18H27BrN2O4S/c1-18(2,3)25-17(22)20-13-15-6-4-5-11-21(15)26(23,24)16-9-7-14(12-19)8-10-16/h7-10,15H,4-6,11-13H2,1-3H3,(H,20,22)/t15-/m0/s1. The Morgan fingerprint density at radius 3 is 2.50 bits per heavy atom. The van der Waals surface area contributed by atoms with Crippen molar-refractivity contribution in [3.05, 3.63) is 29.8 Å². The molecule has 0 saturated carbocycles. The number of piperidine rings is 1. The number of halogens is 1. The Balaban J connectivity index is 2.10. The quantitative estimate of drug-likeness (QED) is 0.700. The molecule has 2 rings (SSSR count). The predicted molar refractivity (Wildman–Crippen MR) is 105 cm³/mol. The maximum Gasteiger partial charge on any atom is 0.407 e. The van der Waals surface area contributed by atoms with Gasteiger partial charge in [-0.25, -0.2) is 13.2 Å². The van der Waals surface area contributed by atoms with Crippen LogP contribution in [-0.4, -0.2) is 43.5 Å². The van der Waals surface area contributed by atoms with Gasteiger partial charge in [-0.2, -0.15) is 4.31 Å². The van der Waals surface area contributed by atoms with Crippen molar-refractivity contribution in [3.8, 4) is 0 Å². The third kappa shape index (κ3) is 5.69. The molecule has 1 amide bonds. The molecule has 0 radical (unpaired) electrons. The third-order valence-electron chi connectivity index (χ3n) is 4.14. The molecule has 1 heterocycles. The van der Waals surface area contributed by atoms with Crippen LogP contribution in [-0.2, 0) is 20.1 Å². The number of rotatable bonds is 5. The number of hydrogen-bond donors (Lipinski definition) is 1. The van der Waals surface area contributed by atoms with Gasteiger partial charge in [0, 0.05) is 24.5 Å². The molecule has 1 atom stereocenters. The van der Waals surface area contributed by atoms with Crippen LogP contribution in [0.4, 0.5) is 4.79 Å². The highest BCUT2D eigenvalue weighted by molar-refractivity contribution is 9.08. The molecule has 0 aromatic heterocycles. The van der Waals surface area contributed by atoms with E-state index < -0.39 is 21.7 Å². The summed E-state index contributed by atoms with van der Waals surface area (Å²) in [6, 6.07) is 6.62. The van der Waals surface area contributed by atoms with Crippen molar-refractivity contribution in [2.75, 3.05) is 13.1 Å². The first-order valence-corrected chi connectivity index (χ1v) is 11.3. The summed E-state index contributed by atoms with van der Waals surface area (Å²) in [4.78, 5) is 12.2. The molecule has 1 aliphatic rings. The lowest BCUT2D eigenvalue weighted by Gasteiger charge is -2.35. The summed E-state index contributed by atoms with van der Waals surface area (Å²) in [6.45, 7) is 6.08. The summed E-state index contributed by atoms with van der Waals surface area (Å²) >= 11 is 3.36. The monoisotopic (exact) mass is 446 g/mol. The van der Waals surface area contributed by atoms with Crippen molar-refractivity contribution < 1.29 is 17.9 Å². The van der Waals surface area contributed by atoms with E-state index in [1.165, 1.54) is 4.31 Å². The molecule has 1 aromatic carbocycles. The van der Waals surface area contributed by atoms with E-state index in [2.05, 4.69) is 21.2 Å². The lowest BCUT2D eigenvalue weighted by Crippen LogP contribution is -2.49. The minimum atomic E-state index is -3.59. The molecular formula is C18H27BrN2O4S. The van der Waals surface area contributed by atoms with Crippen LogP contribution < -0.4 is 5.32 Å². The summed E-state index contributed by atoms with van der Waals surface area (Å²) < 4.78 is 32.8. The Labute approximate surface area is 164 Å². The third-order valence-corrected chi connectivity index (χ3v) is 6.75. The highest BCUT2D eigenvalue weighted by Gasteiger charge is 2.33. The highest BCUT2D eigenvalue weighted by atomic mass is 79.9. The van der Waals surface area contributed by atoms with Gasteiger partial charge in [-0.15, -0.1) is 0 Å². The van der Waals surface area contributed by atoms with E-state index in [1.54, 1.807) is 45.0 Å². The fourth-order valence-corrected chi connectivity index (χ4v) is 4.96. The minimum absolute atomic E-state index is 0.244. The average Bonchev–Trinajstić information content (AvgIpc) is 2.59. The Morgan fingerprint density at radius 2 is 1.92 bits per heavy atom. The second-order valence-electron chi connectivity index (χ2n) is 7.43. The Morgan fingerprint density at radius 1 is 1.27 bits per heavy atom. The van der Waals surface area contributed by atoms with Crippen LogP contribution in [0.15, 0.2) is 29.2 Å². The molecule has 0 aliphatic carbocycles. The van der Waals surface area contributed by atoms with Crippen molar-refractivity contribution in [1.29, 1.82) is 0 Å². The fraction of sp³-hybridized carbons (Fsp3) is 0.611. The lowest BCUT2D eigenvalue weighted by molar-refractivity contribution is 0.0512. The van der Waals surface area contributed by atoms with Gasteiger partial charge < -0.3 is 10.1 Å². The van der Waals surface area contributed by atoms with E-state index in [0.717, 1.165) is 18.4 Å². The topological polar surface area (TPSA) is 75.7 Å². The number of alkyl halides is 1. The first kappa shape index (κ1) is 21.2. The van der Waals surface area contributed by atoms with Crippen molar-refractivity contribution in [3.63, 3.8) is 0 Å². The van der Waals surface area contributed by atoms with Crippen LogP contribution in [0.3, 0.4) is 0 Å². The van der Waals surface area contributed by atoms with Crippen LogP contribution in [0.25, 0.3) is 0 Å². The first-order valence-electron chi connectivity index (χ1n) is 8.77. The van der Waals surface area contributed by atoms with Gasteiger partial charge in [-0.05, 0) is 51.3 Å². The van der Waals surface area contributed by atoms with E-state index in [0.29, 0.717) is 18.3 Å². The Hall–Kier alpha value is -1.12. The summed E-state index contributed by atoms with van der Waals surface area (Å²) in [7, 11) is -3.59. The molecule has 1 saturated heterocycles. The molecule has 1 aliphatic heterocycles. The van der Waals surface area contributed by atoms with Crippen molar-refractivity contribution in [2.24, 2.45) is 0 Å². The molecule has 1 aromatic rings. The van der Waals surface area contributed by atoms with Crippen LogP contribution in [0.5, 0.6) is 0 Å². The van der Waals surface area contributed by atoms with E-state index in [1.807, 2.05) is 0 Å². The van der Waals surface area contributed by atoms with Crippen LogP contribution >= 0.6 is 15.9 Å². The van der Waals surface area contributed by atoms with Crippen LogP contribution in [0, 0.1) is 0 Å². The number of sulfonamides is 1. The Kier molecular flexibility index (Phi) is 7.10. The predicted octanol–water partition coefficient (Wildman–Crippen LogP) is 3.65. The maximum absolute atomic E-state index is 13.0. The summed E-state index contributed by atoms with van der Waals surface area (Å²) in [5.74, 6) is 0. The number of nitrogens with one attached hydrogen (secondary N) is 1. The van der Waals surface area contributed by atoms with Crippen molar-refractivity contribution >= 4 is 32.0 Å². The smallest absolute Gasteiger partial charge is 0.407 e. The van der Waals surface area contributed by atoms with Crippen molar-refractivity contribution in [1.82, 2.24) is 9.62 Å². The molecule has 1 fully saturated rings. The zero-order valence-corrected chi connectivity index (χ0v) is 17.9. The van der Waals surface area contributed by atoms with Gasteiger partial charge in [0.05, 0.1) is 4.90 Å². The molecule has 0 bridgehead atoms. The molecule has 6 nitrogen and oxygen atoms in total. The normalized spacial score (nSPS) is 19.2. The number of ether oxygens (including phenoxy) is 1. The lowest BCUT2D eigenvalue weighted by atomic mass is 10.1. The zero-order valence-electron chi connectivity index (χ0n) is 15.5. The van der Waals surface area contributed by atoms with Gasteiger partial charge in [0.15, 0.2) is 0 Å². The molecule has 1 N–H and O–H groups in total. The van der Waals surface area contributed by atoms with Gasteiger partial charge >= 0.3 is 6.09 Å². The molecular weight excluding hydrogens is 420 g/mol. The van der Waals surface area contributed by atoms with E-state index in [9.17, 15) is 13.2 Å². The number of carbonyl (C=O) groups excluding carboxylic acids is 1. The molecule has 146 valence electrons. The maximum atomic E-state index is 13.0. The van der Waals surface area contributed by atoms with E-state index in [4.69, 9.17) is 4.74 Å². The second-order valence-corrected chi connectivity index (χ2v) is 9.88. The molecule has 8 heteroatoms. The minimum Gasteiger partial charge on any atom is -0.444 e. The van der Waals surface area contributed by atoms with Gasteiger partial charge in [0.1, 0.15) is 5.60 Å². The fourth-order valence-electron chi connectivity index (χ4n) is 2.90. The van der Waals surface area contributed by atoms with Gasteiger partial charge in [-0.1, -0.05) is 34.5 Å². The molecule has 0 unspecified atom stereocenters. The zero-order chi connectivity index (χ0) is 19.4. The molecule has 0 spiro atoms. The Bertz CT molecular complexity index is 714. The molecule has 26 heavy (non-hydrogen) atoms. The second kappa shape index (κ2) is 8.71. The summed E-state index contributed by atoms with van der Waals surface area (Å²) in [5, 5.41) is 3.39. The number of carbonyl (C=O) groups is 1. The summed E-state index contributed by atoms with van der Waals surface area (Å²) in [6.07, 6.45) is 1.95. The first-order chi connectivity index (χ1) is 12.1. The van der Waals surface area contributed by atoms with Crippen LogP contribution in [0.2, 0.25) is 0 Å². The summed E-state index contributed by atoms with van der Waals surface area (Å²) in [5.41, 5.74) is 0.435. The van der Waals surface area contributed by atoms with E-state index in [-0.39, 0.29) is 17.5 Å². The number of nitrogens with zero attached hydrogens (tertiary/aromatic N) is 1. The SMILES string of the molecule is CC(C)(C)OC(=O)NC[C@@H]1CCCCN1S(=O)(=O)c1ccc(CBr)cc1. The number of benzene rings is 1. The number of amides is 1. The number of hydrogen-bond acceptors (Lipinski definition) is 4. The average molecular weight is 447 g/mol. The number of alkyl carbamates (subject to hydrolysis) is 1. The van der Waals surface area contributed by atoms with Gasteiger partial charge in [0.25, 0.3) is 0 Å². The largest absolute Gasteiger partial charge is 0.444 e. The van der Waals surface area contributed by atoms with Crippen LogP contribution in [0.1, 0.15) is 45.6 Å². The van der Waals surface area contributed by atoms with Gasteiger partial charge in [0.2, 0.25) is 10.0 Å². The van der Waals surface area contributed by atoms with E-state index >= 15 is 0 Å². The highest BCUT2D eigenvalue weighted by Crippen LogP contribution is 2.25.